The van der Waals surface area contributed by atoms with Crippen molar-refractivity contribution in [3.05, 3.63) is 28.6 Å². The molecule has 4 aliphatic rings. The lowest BCUT2D eigenvalue weighted by Gasteiger charge is -2.52. The van der Waals surface area contributed by atoms with Crippen molar-refractivity contribution in [2.75, 3.05) is 20.6 Å². The lowest BCUT2D eigenvalue weighted by molar-refractivity contribution is -0.181. The van der Waals surface area contributed by atoms with Gasteiger partial charge < -0.3 is 15.9 Å². The first kappa shape index (κ1) is 25.6. The normalized spacial score (nSPS) is 35.6. The molecular weight excluding hydrogens is 485 g/mol. The maximum Gasteiger partial charge on any atom is 0.235 e. The van der Waals surface area contributed by atoms with Crippen molar-refractivity contribution in [2.24, 2.45) is 29.4 Å². The van der Waals surface area contributed by atoms with Gasteiger partial charge in [-0.2, -0.15) is 0 Å². The lowest BCUT2D eigenvalue weighted by Crippen LogP contribution is -2.74. The number of fused-ring (bicyclic) bond motifs is 3. The van der Waals surface area contributed by atoms with Gasteiger partial charge in [0.05, 0.1) is 17.5 Å². The summed E-state index contributed by atoms with van der Waals surface area (Å²) in [6.45, 7) is 3.06. The van der Waals surface area contributed by atoms with Crippen molar-refractivity contribution in [1.82, 2.24) is 9.80 Å². The van der Waals surface area contributed by atoms with Gasteiger partial charge in [-0.25, -0.2) is 4.39 Å². The standard InChI is InChI=1S/C26H30FN3O7/c1-10-4-5-30(10)9-12-8-15(31)17-13(19(12)27)6-11-7-14-20(29(2)3)22(33)18(25(28)36)24(35)26(14,37)23(34)16(11)21(17)32/h8,10-11,14,16,18,20,31,37H,4-7,9H2,1-3H3,(H2,28,36)/t10?,11-,14-,16?,18?,20-,26-/m0/s1. The highest BCUT2D eigenvalue weighted by molar-refractivity contribution is 6.32. The van der Waals surface area contributed by atoms with Crippen molar-refractivity contribution in [3.8, 4) is 5.75 Å². The van der Waals surface area contributed by atoms with Gasteiger partial charge in [0.2, 0.25) is 5.91 Å². The molecule has 7 atom stereocenters. The monoisotopic (exact) mass is 515 g/mol. The van der Waals surface area contributed by atoms with Crippen molar-refractivity contribution in [1.29, 1.82) is 0 Å². The lowest BCUT2D eigenvalue weighted by atomic mass is 9.52. The number of aliphatic hydroxyl groups is 1. The van der Waals surface area contributed by atoms with Crippen LogP contribution in [0.2, 0.25) is 0 Å². The van der Waals surface area contributed by atoms with Gasteiger partial charge in [-0.1, -0.05) is 0 Å². The summed E-state index contributed by atoms with van der Waals surface area (Å²) in [5.41, 5.74) is 2.42. The number of hydrogen-bond donors (Lipinski definition) is 3. The van der Waals surface area contributed by atoms with Gasteiger partial charge in [-0.15, -0.1) is 0 Å². The van der Waals surface area contributed by atoms with E-state index in [-0.39, 0.29) is 42.1 Å². The Morgan fingerprint density at radius 1 is 1.24 bits per heavy atom. The number of benzene rings is 1. The summed E-state index contributed by atoms with van der Waals surface area (Å²) in [6, 6.07) is 0.266. The molecule has 11 heteroatoms. The number of primary amides is 1. The van der Waals surface area contributed by atoms with E-state index in [1.807, 2.05) is 11.8 Å². The third-order valence-electron chi connectivity index (χ3n) is 8.90. The van der Waals surface area contributed by atoms with Gasteiger partial charge in [-0.3, -0.25) is 33.8 Å². The number of ketones is 4. The summed E-state index contributed by atoms with van der Waals surface area (Å²) in [7, 11) is 3.02. The molecule has 3 fully saturated rings. The number of Topliss-reactive ketones (excluding diaryl/α,β-unsaturated/α-hetero) is 4. The molecule has 3 unspecified atom stereocenters. The number of phenols is 1. The molecule has 2 saturated carbocycles. The Hall–Kier alpha value is -3.02. The van der Waals surface area contributed by atoms with Crippen LogP contribution in [-0.4, -0.2) is 87.4 Å². The van der Waals surface area contributed by atoms with Crippen molar-refractivity contribution >= 4 is 29.0 Å². The molecule has 0 bridgehead atoms. The van der Waals surface area contributed by atoms with E-state index >= 15 is 4.39 Å². The minimum Gasteiger partial charge on any atom is -0.507 e. The van der Waals surface area contributed by atoms with Crippen molar-refractivity contribution in [3.63, 3.8) is 0 Å². The second kappa shape index (κ2) is 8.50. The molecular formula is C26H30FN3O7. The average molecular weight is 516 g/mol. The summed E-state index contributed by atoms with van der Waals surface area (Å²) in [6.07, 6.45) is 0.778. The minimum atomic E-state index is -2.79. The third kappa shape index (κ3) is 3.44. The second-order valence-corrected chi connectivity index (χ2v) is 11.1. The highest BCUT2D eigenvalue weighted by atomic mass is 19.1. The highest BCUT2D eigenvalue weighted by Crippen LogP contribution is 2.51. The largest absolute Gasteiger partial charge is 0.507 e. The molecule has 1 saturated heterocycles. The second-order valence-electron chi connectivity index (χ2n) is 11.1. The summed E-state index contributed by atoms with van der Waals surface area (Å²) in [5.74, 6) is -12.2. The Kier molecular flexibility index (Phi) is 5.89. The van der Waals surface area contributed by atoms with E-state index in [0.717, 1.165) is 13.0 Å². The van der Waals surface area contributed by atoms with Crippen molar-refractivity contribution < 1.29 is 38.6 Å². The first-order valence-corrected chi connectivity index (χ1v) is 12.4. The fourth-order valence-electron chi connectivity index (χ4n) is 6.85. The maximum absolute atomic E-state index is 15.7. The number of carbonyl (C=O) groups excluding carboxylic acids is 5. The molecule has 0 spiro atoms. The SMILES string of the molecule is CC1CCN1Cc1cc(O)c2c(c1F)C[C@H]1C[C@H]3[C@H](N(C)C)C(=O)C(C(N)=O)C(=O)[C@@]3(O)C(=O)C1C2=O. The molecule has 37 heavy (non-hydrogen) atoms. The van der Waals surface area contributed by atoms with E-state index < -0.39 is 75.9 Å². The molecule has 1 aromatic rings. The Labute approximate surface area is 212 Å². The summed E-state index contributed by atoms with van der Waals surface area (Å²) >= 11 is 0. The van der Waals surface area contributed by atoms with Crippen LogP contribution >= 0.6 is 0 Å². The predicted molar refractivity (Wildman–Crippen MR) is 126 cm³/mol. The third-order valence-corrected chi connectivity index (χ3v) is 8.90. The van der Waals surface area contributed by atoms with Crippen LogP contribution in [0.15, 0.2) is 6.07 Å². The fourth-order valence-corrected chi connectivity index (χ4v) is 6.85. The van der Waals surface area contributed by atoms with Gasteiger partial charge in [0.15, 0.2) is 34.7 Å². The van der Waals surface area contributed by atoms with Gasteiger partial charge in [-0.05, 0) is 52.3 Å². The number of amides is 1. The summed E-state index contributed by atoms with van der Waals surface area (Å²) in [4.78, 5) is 69.1. The van der Waals surface area contributed by atoms with Crippen LogP contribution in [0.3, 0.4) is 0 Å². The van der Waals surface area contributed by atoms with Gasteiger partial charge in [0.1, 0.15) is 11.6 Å². The number of nitrogens with two attached hydrogens (primary N) is 1. The van der Waals surface area contributed by atoms with Crippen LogP contribution in [0, 0.1) is 29.5 Å². The van der Waals surface area contributed by atoms with E-state index in [0.29, 0.717) is 0 Å². The zero-order valence-electron chi connectivity index (χ0n) is 20.9. The number of phenolic OH excluding ortho intramolecular Hbond substituents is 1. The van der Waals surface area contributed by atoms with Crippen LogP contribution in [0.5, 0.6) is 5.75 Å². The number of halogens is 1. The Morgan fingerprint density at radius 3 is 2.46 bits per heavy atom. The van der Waals surface area contributed by atoms with Crippen molar-refractivity contribution in [2.45, 2.75) is 50.4 Å². The van der Waals surface area contributed by atoms with E-state index in [2.05, 4.69) is 0 Å². The zero-order valence-corrected chi connectivity index (χ0v) is 20.9. The number of aromatic hydroxyl groups is 1. The zero-order chi connectivity index (χ0) is 27.1. The first-order valence-electron chi connectivity index (χ1n) is 12.4. The van der Waals surface area contributed by atoms with Crippen LogP contribution in [0.25, 0.3) is 0 Å². The molecule has 1 amide bonds. The maximum atomic E-state index is 15.7. The number of carbonyl (C=O) groups is 5. The van der Waals surface area contributed by atoms with Crippen LogP contribution in [0.4, 0.5) is 4.39 Å². The summed E-state index contributed by atoms with van der Waals surface area (Å²) in [5, 5.41) is 22.3. The van der Waals surface area contributed by atoms with E-state index in [1.54, 1.807) is 0 Å². The van der Waals surface area contributed by atoms with E-state index in [1.165, 1.54) is 25.1 Å². The van der Waals surface area contributed by atoms with E-state index in [4.69, 9.17) is 5.73 Å². The molecule has 1 aromatic carbocycles. The van der Waals surface area contributed by atoms with Crippen LogP contribution in [0.1, 0.15) is 41.3 Å². The molecule has 10 nitrogen and oxygen atoms in total. The Balaban J connectivity index is 1.59. The van der Waals surface area contributed by atoms with Crippen LogP contribution < -0.4 is 5.73 Å². The van der Waals surface area contributed by atoms with Gasteiger partial charge >= 0.3 is 0 Å². The molecule has 1 heterocycles. The molecule has 1 aliphatic heterocycles. The topological polar surface area (TPSA) is 158 Å². The summed E-state index contributed by atoms with van der Waals surface area (Å²) < 4.78 is 15.7. The number of hydrogen-bond acceptors (Lipinski definition) is 9. The molecule has 3 aliphatic carbocycles. The number of rotatable bonds is 4. The molecule has 0 aromatic heterocycles. The predicted octanol–water partition coefficient (Wildman–Crippen LogP) is -0.400. The Bertz CT molecular complexity index is 1260. The molecule has 4 N–H and O–H groups in total. The quantitative estimate of drug-likeness (QED) is 0.454. The Morgan fingerprint density at radius 2 is 1.92 bits per heavy atom. The molecule has 0 radical (unpaired) electrons. The first-order chi connectivity index (χ1) is 17.3. The fraction of sp³-hybridized carbons (Fsp3) is 0.577. The number of likely N-dealkylation sites (N-methyl/N-ethyl adjacent to an activating group) is 1. The van der Waals surface area contributed by atoms with Crippen LogP contribution in [-0.2, 0) is 32.1 Å². The number of nitrogens with zero attached hydrogens (tertiary/aromatic N) is 2. The highest BCUT2D eigenvalue weighted by Gasteiger charge is 2.69. The van der Waals surface area contributed by atoms with Gasteiger partial charge in [0.25, 0.3) is 0 Å². The smallest absolute Gasteiger partial charge is 0.235 e. The van der Waals surface area contributed by atoms with Gasteiger partial charge in [0, 0.05) is 36.2 Å². The molecule has 5 rings (SSSR count). The minimum absolute atomic E-state index is 0.00227. The molecule has 198 valence electrons. The van der Waals surface area contributed by atoms with E-state index in [9.17, 15) is 34.2 Å². The number of likely N-dealkylation sites (tertiary alicyclic amines) is 1. The average Bonchev–Trinajstić information content (AvgIpc) is 2.81.